The van der Waals surface area contributed by atoms with E-state index >= 15 is 0 Å². The largest absolute Gasteiger partial charge is 0.361 e. The molecule has 2 aliphatic rings. The van der Waals surface area contributed by atoms with Crippen LogP contribution in [0, 0.1) is 0 Å². The van der Waals surface area contributed by atoms with E-state index in [1.165, 1.54) is 6.42 Å². The van der Waals surface area contributed by atoms with E-state index in [4.69, 9.17) is 0 Å². The maximum absolute atomic E-state index is 13.2. The Morgan fingerprint density at radius 2 is 2.09 bits per heavy atom. The number of hydrogen-bond donors (Lipinski definition) is 2. The highest BCUT2D eigenvalue weighted by atomic mass is 16.2. The van der Waals surface area contributed by atoms with Gasteiger partial charge in [0.2, 0.25) is 0 Å². The van der Waals surface area contributed by atoms with Gasteiger partial charge >= 0.3 is 0 Å². The number of aliphatic imine (C=N–C) groups is 1. The molecule has 2 aliphatic heterocycles. The molecule has 1 amide bonds. The average molecular weight is 443 g/mol. The predicted molar refractivity (Wildman–Crippen MR) is 134 cm³/mol. The highest BCUT2D eigenvalue weighted by Gasteiger charge is 2.22. The Balaban J connectivity index is 1.79. The van der Waals surface area contributed by atoms with E-state index in [2.05, 4.69) is 31.8 Å². The Morgan fingerprint density at radius 1 is 1.27 bits per heavy atom. The first-order valence-corrected chi connectivity index (χ1v) is 11.5. The summed E-state index contributed by atoms with van der Waals surface area (Å²) in [5.41, 5.74) is 5.76. The number of carbonyl (C=O) groups is 1. The molecule has 0 unspecified atom stereocenters. The van der Waals surface area contributed by atoms with Crippen LogP contribution in [0.4, 0.5) is 0 Å². The zero-order valence-electron chi connectivity index (χ0n) is 19.3. The van der Waals surface area contributed by atoms with Gasteiger partial charge in [0.1, 0.15) is 12.0 Å². The number of fused-ring (bicyclic) bond motifs is 1. The molecule has 170 valence electrons. The van der Waals surface area contributed by atoms with Crippen LogP contribution in [0.5, 0.6) is 0 Å². The number of amides is 1. The molecule has 2 aromatic heterocycles. The van der Waals surface area contributed by atoms with E-state index in [9.17, 15) is 4.79 Å². The molecular formula is C26H30N6O. The summed E-state index contributed by atoms with van der Waals surface area (Å²) in [4.78, 5) is 31.7. The summed E-state index contributed by atoms with van der Waals surface area (Å²) in [6.07, 6.45) is 18.1. The first kappa shape index (κ1) is 22.5. The summed E-state index contributed by atoms with van der Waals surface area (Å²) in [6.45, 7) is 10.2. The topological polar surface area (TPSA) is 86.3 Å². The van der Waals surface area contributed by atoms with Crippen molar-refractivity contribution in [1.29, 1.82) is 0 Å². The van der Waals surface area contributed by atoms with Gasteiger partial charge in [0.15, 0.2) is 0 Å². The number of rotatable bonds is 6. The number of likely N-dealkylation sites (tertiary alicyclic amines) is 1. The number of hydrogen-bond acceptors (Lipinski definition) is 5. The molecular weight excluding hydrogens is 412 g/mol. The third kappa shape index (κ3) is 4.58. The van der Waals surface area contributed by atoms with Crippen LogP contribution in [0.15, 0.2) is 65.9 Å². The molecule has 0 aromatic carbocycles. The number of aromatic nitrogens is 3. The second-order valence-electron chi connectivity index (χ2n) is 7.98. The van der Waals surface area contributed by atoms with Gasteiger partial charge in [-0.05, 0) is 50.8 Å². The quantitative estimate of drug-likeness (QED) is 0.513. The van der Waals surface area contributed by atoms with E-state index in [0.717, 1.165) is 65.1 Å². The zero-order chi connectivity index (χ0) is 23.2. The molecule has 0 atom stereocenters. The molecule has 0 aliphatic carbocycles. The van der Waals surface area contributed by atoms with E-state index in [1.54, 1.807) is 12.4 Å². The molecule has 4 heterocycles. The van der Waals surface area contributed by atoms with Crippen molar-refractivity contribution in [3.05, 3.63) is 72.1 Å². The van der Waals surface area contributed by atoms with Crippen molar-refractivity contribution in [3.8, 4) is 0 Å². The minimum absolute atomic E-state index is 0.0213. The van der Waals surface area contributed by atoms with Gasteiger partial charge in [-0.2, -0.15) is 0 Å². The van der Waals surface area contributed by atoms with E-state index in [1.807, 2.05) is 55.6 Å². The molecule has 0 saturated carbocycles. The molecule has 2 N–H and O–H groups in total. The molecule has 0 bridgehead atoms. The molecule has 4 rings (SSSR count). The van der Waals surface area contributed by atoms with Gasteiger partial charge in [-0.15, -0.1) is 0 Å². The third-order valence-electron chi connectivity index (χ3n) is 5.95. The number of H-pyrrole nitrogens is 1. The Morgan fingerprint density at radius 3 is 2.82 bits per heavy atom. The molecule has 1 saturated heterocycles. The van der Waals surface area contributed by atoms with Crippen molar-refractivity contribution < 1.29 is 4.79 Å². The van der Waals surface area contributed by atoms with Crippen LogP contribution < -0.4 is 5.32 Å². The third-order valence-corrected chi connectivity index (χ3v) is 5.95. The average Bonchev–Trinajstić information content (AvgIpc) is 3.30. The van der Waals surface area contributed by atoms with E-state index in [-0.39, 0.29) is 5.91 Å². The van der Waals surface area contributed by atoms with Gasteiger partial charge in [0, 0.05) is 49.4 Å². The van der Waals surface area contributed by atoms with Crippen molar-refractivity contribution in [2.45, 2.75) is 33.1 Å². The highest BCUT2D eigenvalue weighted by Crippen LogP contribution is 2.32. The summed E-state index contributed by atoms with van der Waals surface area (Å²) < 4.78 is 0. The lowest BCUT2D eigenvalue weighted by Crippen LogP contribution is -2.37. The fraction of sp³-hybridized carbons (Fsp3) is 0.308. The summed E-state index contributed by atoms with van der Waals surface area (Å²) in [7, 11) is 0. The Bertz CT molecular complexity index is 1200. The summed E-state index contributed by atoms with van der Waals surface area (Å²) in [5.74, 6) is 0.0213. The van der Waals surface area contributed by atoms with E-state index < -0.39 is 0 Å². The van der Waals surface area contributed by atoms with Crippen LogP contribution in [0.3, 0.4) is 0 Å². The van der Waals surface area contributed by atoms with Crippen LogP contribution in [-0.2, 0) is 4.79 Å². The minimum Gasteiger partial charge on any atom is -0.361 e. The molecule has 2 aromatic rings. The smallest absolute Gasteiger partial charge is 0.255 e. The van der Waals surface area contributed by atoms with Crippen molar-refractivity contribution in [2.75, 3.05) is 19.6 Å². The summed E-state index contributed by atoms with van der Waals surface area (Å²) in [6, 6.07) is 0. The normalized spacial score (nSPS) is 18.4. The fourth-order valence-corrected chi connectivity index (χ4v) is 4.24. The van der Waals surface area contributed by atoms with Crippen molar-refractivity contribution in [2.24, 2.45) is 4.99 Å². The maximum Gasteiger partial charge on any atom is 0.255 e. The lowest BCUT2D eigenvalue weighted by Gasteiger charge is -2.28. The minimum atomic E-state index is 0.0213. The molecule has 7 heteroatoms. The van der Waals surface area contributed by atoms with Crippen LogP contribution in [0.25, 0.3) is 22.2 Å². The van der Waals surface area contributed by atoms with Gasteiger partial charge < -0.3 is 15.2 Å². The van der Waals surface area contributed by atoms with Gasteiger partial charge in [-0.3, -0.25) is 9.79 Å². The number of nitrogens with zero attached hydrogens (tertiary/aromatic N) is 4. The first-order valence-electron chi connectivity index (χ1n) is 11.5. The van der Waals surface area contributed by atoms with Crippen molar-refractivity contribution >= 4 is 34.3 Å². The number of allylic oxidation sites excluding steroid dienone is 5. The van der Waals surface area contributed by atoms with Crippen LogP contribution in [-0.4, -0.2) is 51.6 Å². The first-order chi connectivity index (χ1) is 16.2. The zero-order valence-corrected chi connectivity index (χ0v) is 19.3. The van der Waals surface area contributed by atoms with Gasteiger partial charge in [-0.25, -0.2) is 9.97 Å². The predicted octanol–water partition coefficient (Wildman–Crippen LogP) is 4.40. The van der Waals surface area contributed by atoms with Gasteiger partial charge in [-0.1, -0.05) is 18.7 Å². The molecule has 0 radical (unpaired) electrons. The summed E-state index contributed by atoms with van der Waals surface area (Å²) in [5, 5.41) is 4.16. The second-order valence-corrected chi connectivity index (χ2v) is 7.98. The Kier molecular flexibility index (Phi) is 6.98. The number of aromatic amines is 1. The Labute approximate surface area is 194 Å². The lowest BCUT2D eigenvalue weighted by molar-refractivity contribution is -0.127. The molecule has 0 spiro atoms. The number of dihydropyridines is 1. The van der Waals surface area contributed by atoms with Gasteiger partial charge in [0.05, 0.1) is 22.4 Å². The maximum atomic E-state index is 13.2. The van der Waals surface area contributed by atoms with Gasteiger partial charge in [0.25, 0.3) is 5.91 Å². The van der Waals surface area contributed by atoms with E-state index in [0.29, 0.717) is 12.1 Å². The second kappa shape index (κ2) is 10.3. The number of nitrogens with one attached hydrogen (secondary N) is 2. The van der Waals surface area contributed by atoms with Crippen molar-refractivity contribution in [3.63, 3.8) is 0 Å². The highest BCUT2D eigenvalue weighted by molar-refractivity contribution is 6.15. The fourth-order valence-electron chi connectivity index (χ4n) is 4.24. The molecule has 1 fully saturated rings. The van der Waals surface area contributed by atoms with Crippen LogP contribution in [0.2, 0.25) is 0 Å². The summed E-state index contributed by atoms with van der Waals surface area (Å²) >= 11 is 0. The SMILES string of the molecule is C=C/C(C(=O)N1CCCCC1)=C1/C=C(c2c[nH]c3ncnc(/C(C=NCC)=C/C)c23)C=CN1. The molecule has 7 nitrogen and oxygen atoms in total. The molecule has 33 heavy (non-hydrogen) atoms. The lowest BCUT2D eigenvalue weighted by atomic mass is 9.98. The van der Waals surface area contributed by atoms with Crippen LogP contribution in [0.1, 0.15) is 44.4 Å². The standard InChI is InChI=1S/C26H30N6O/c1-4-18(15-27-6-3)24-23-21(16-29-25(23)31-17-30-24)19-10-11-28-22(14-19)20(5-2)26(33)32-12-8-7-9-13-32/h4-5,10-11,14-17,28H,2,6-9,12-13H2,1,3H3,(H,29,30,31)/b18-4+,22-20+,27-15?. The monoisotopic (exact) mass is 442 g/mol. The van der Waals surface area contributed by atoms with Crippen molar-refractivity contribution in [1.82, 2.24) is 25.2 Å². The number of piperidine rings is 1. The Hall–Kier alpha value is -3.74. The number of carbonyl (C=O) groups excluding carboxylic acids is 1. The van der Waals surface area contributed by atoms with Crippen LogP contribution >= 0.6 is 0 Å².